The van der Waals surface area contributed by atoms with Gasteiger partial charge in [0.2, 0.25) is 0 Å². The lowest BCUT2D eigenvalue weighted by atomic mass is 10.1. The molecule has 0 spiro atoms. The molecule has 0 aliphatic rings. The number of aliphatic hydroxyl groups is 1. The Balaban J connectivity index is 2.43. The predicted octanol–water partition coefficient (Wildman–Crippen LogP) is 2.37. The molecule has 0 aromatic heterocycles. The summed E-state index contributed by atoms with van der Waals surface area (Å²) in [6.07, 6.45) is 0.790. The van der Waals surface area contributed by atoms with Crippen molar-refractivity contribution in [3.8, 4) is 0 Å². The topological polar surface area (TPSA) is 32.3 Å². The molecule has 0 radical (unpaired) electrons. The zero-order valence-electron chi connectivity index (χ0n) is 8.33. The summed E-state index contributed by atoms with van der Waals surface area (Å²) < 4.78 is 0. The predicted molar refractivity (Wildman–Crippen MR) is 59.6 cm³/mol. The molecule has 0 fully saturated rings. The minimum absolute atomic E-state index is 0.236. The van der Waals surface area contributed by atoms with Crippen molar-refractivity contribution in [2.24, 2.45) is 0 Å². The van der Waals surface area contributed by atoms with Crippen LogP contribution in [0.2, 0.25) is 5.02 Å². The molecular formula is C11H16ClNO. The van der Waals surface area contributed by atoms with E-state index >= 15 is 0 Å². The lowest BCUT2D eigenvalue weighted by molar-refractivity contribution is 0.284. The summed E-state index contributed by atoms with van der Waals surface area (Å²) in [7, 11) is 0. The third-order valence-corrected chi connectivity index (χ3v) is 2.41. The van der Waals surface area contributed by atoms with Gasteiger partial charge in [-0.3, -0.25) is 0 Å². The van der Waals surface area contributed by atoms with Crippen molar-refractivity contribution >= 4 is 11.6 Å². The fraction of sp³-hybridized carbons (Fsp3) is 0.455. The van der Waals surface area contributed by atoms with Crippen molar-refractivity contribution in [3.63, 3.8) is 0 Å². The molecule has 0 bridgehead atoms. The summed E-state index contributed by atoms with van der Waals surface area (Å²) in [4.78, 5) is 0. The maximum absolute atomic E-state index is 8.63. The second-order valence-corrected chi connectivity index (χ2v) is 3.74. The molecule has 2 nitrogen and oxygen atoms in total. The highest BCUT2D eigenvalue weighted by Crippen LogP contribution is 2.15. The van der Waals surface area contributed by atoms with E-state index in [2.05, 4.69) is 12.2 Å². The van der Waals surface area contributed by atoms with E-state index < -0.39 is 0 Å². The van der Waals surface area contributed by atoms with Crippen LogP contribution in [0, 0.1) is 0 Å². The van der Waals surface area contributed by atoms with Gasteiger partial charge in [-0.25, -0.2) is 0 Å². The maximum Gasteiger partial charge on any atom is 0.0443 e. The van der Waals surface area contributed by atoms with E-state index in [0.717, 1.165) is 18.0 Å². The van der Waals surface area contributed by atoms with Crippen molar-refractivity contribution in [1.82, 2.24) is 5.32 Å². The molecule has 1 rings (SSSR count). The molecule has 1 aromatic rings. The monoisotopic (exact) mass is 213 g/mol. The van der Waals surface area contributed by atoms with Gasteiger partial charge in [0.25, 0.3) is 0 Å². The van der Waals surface area contributed by atoms with E-state index in [-0.39, 0.29) is 6.61 Å². The summed E-state index contributed by atoms with van der Waals surface area (Å²) in [6.45, 7) is 3.17. The highest BCUT2D eigenvalue weighted by molar-refractivity contribution is 6.30. The Labute approximate surface area is 89.9 Å². The van der Waals surface area contributed by atoms with Gasteiger partial charge in [0, 0.05) is 17.7 Å². The van der Waals surface area contributed by atoms with Crippen molar-refractivity contribution in [2.75, 3.05) is 13.2 Å². The van der Waals surface area contributed by atoms with Gasteiger partial charge in [0.15, 0.2) is 0 Å². The van der Waals surface area contributed by atoms with E-state index in [9.17, 15) is 0 Å². The number of hydrogen-bond donors (Lipinski definition) is 2. The van der Waals surface area contributed by atoms with Crippen LogP contribution < -0.4 is 5.32 Å². The smallest absolute Gasteiger partial charge is 0.0443 e. The van der Waals surface area contributed by atoms with Crippen molar-refractivity contribution in [3.05, 3.63) is 34.9 Å². The van der Waals surface area contributed by atoms with Crippen molar-refractivity contribution in [1.29, 1.82) is 0 Å². The average molecular weight is 214 g/mol. The first-order valence-electron chi connectivity index (χ1n) is 4.83. The lowest BCUT2D eigenvalue weighted by Gasteiger charge is -2.13. The van der Waals surface area contributed by atoms with Crippen LogP contribution in [0.4, 0.5) is 0 Å². The first-order valence-corrected chi connectivity index (χ1v) is 5.21. The van der Waals surface area contributed by atoms with Crippen LogP contribution in [0.3, 0.4) is 0 Å². The van der Waals surface area contributed by atoms with Crippen LogP contribution in [-0.2, 0) is 0 Å². The standard InChI is InChI=1S/C11H16ClNO/c1-9(13-7-2-8-14)10-3-5-11(12)6-4-10/h3-6,9,13-14H,2,7-8H2,1H3. The molecule has 1 unspecified atom stereocenters. The Bertz CT molecular complexity index is 260. The SMILES string of the molecule is CC(NCCCO)c1ccc(Cl)cc1. The summed E-state index contributed by atoms with van der Waals surface area (Å²) >= 11 is 5.79. The minimum Gasteiger partial charge on any atom is -0.396 e. The van der Waals surface area contributed by atoms with Crippen molar-refractivity contribution in [2.45, 2.75) is 19.4 Å². The average Bonchev–Trinajstić information content (AvgIpc) is 2.19. The molecule has 1 aromatic carbocycles. The van der Waals surface area contributed by atoms with Crippen LogP contribution in [0.15, 0.2) is 24.3 Å². The number of hydrogen-bond acceptors (Lipinski definition) is 2. The quantitative estimate of drug-likeness (QED) is 0.737. The largest absolute Gasteiger partial charge is 0.396 e. The fourth-order valence-electron chi connectivity index (χ4n) is 1.27. The normalized spacial score (nSPS) is 12.8. The molecule has 0 saturated carbocycles. The lowest BCUT2D eigenvalue weighted by Crippen LogP contribution is -2.20. The van der Waals surface area contributed by atoms with E-state index in [0.29, 0.717) is 6.04 Å². The molecule has 0 heterocycles. The Morgan fingerprint density at radius 2 is 2.00 bits per heavy atom. The molecule has 0 amide bonds. The van der Waals surface area contributed by atoms with Gasteiger partial charge in [0.05, 0.1) is 0 Å². The summed E-state index contributed by atoms with van der Waals surface area (Å²) in [6, 6.07) is 8.11. The highest BCUT2D eigenvalue weighted by Gasteiger charge is 2.02. The Morgan fingerprint density at radius 1 is 1.36 bits per heavy atom. The Morgan fingerprint density at radius 3 is 2.57 bits per heavy atom. The zero-order valence-corrected chi connectivity index (χ0v) is 9.09. The van der Waals surface area contributed by atoms with Gasteiger partial charge in [-0.15, -0.1) is 0 Å². The number of aliphatic hydroxyl groups excluding tert-OH is 1. The van der Waals surface area contributed by atoms with Crippen LogP contribution >= 0.6 is 11.6 Å². The van der Waals surface area contributed by atoms with E-state index in [4.69, 9.17) is 16.7 Å². The molecule has 1 atom stereocenters. The number of rotatable bonds is 5. The Hall–Kier alpha value is -0.570. The molecule has 0 aliphatic heterocycles. The second-order valence-electron chi connectivity index (χ2n) is 3.30. The number of nitrogens with one attached hydrogen (secondary N) is 1. The number of benzene rings is 1. The van der Waals surface area contributed by atoms with Gasteiger partial charge in [-0.1, -0.05) is 23.7 Å². The third kappa shape index (κ3) is 3.66. The van der Waals surface area contributed by atoms with Gasteiger partial charge in [0.1, 0.15) is 0 Å². The first kappa shape index (κ1) is 11.5. The third-order valence-electron chi connectivity index (χ3n) is 2.16. The molecule has 78 valence electrons. The van der Waals surface area contributed by atoms with Crippen LogP contribution in [-0.4, -0.2) is 18.3 Å². The van der Waals surface area contributed by atoms with E-state index in [1.54, 1.807) is 0 Å². The van der Waals surface area contributed by atoms with Gasteiger partial charge < -0.3 is 10.4 Å². The minimum atomic E-state index is 0.236. The summed E-state index contributed by atoms with van der Waals surface area (Å²) in [5.74, 6) is 0. The molecule has 14 heavy (non-hydrogen) atoms. The summed E-state index contributed by atoms with van der Waals surface area (Å²) in [5, 5.41) is 12.7. The summed E-state index contributed by atoms with van der Waals surface area (Å²) in [5.41, 5.74) is 1.22. The molecule has 0 aliphatic carbocycles. The van der Waals surface area contributed by atoms with Gasteiger partial charge in [-0.2, -0.15) is 0 Å². The molecular weight excluding hydrogens is 198 g/mol. The van der Waals surface area contributed by atoms with Crippen LogP contribution in [0.25, 0.3) is 0 Å². The van der Waals surface area contributed by atoms with Gasteiger partial charge >= 0.3 is 0 Å². The van der Waals surface area contributed by atoms with E-state index in [1.807, 2.05) is 24.3 Å². The molecule has 3 heteroatoms. The zero-order chi connectivity index (χ0) is 10.4. The van der Waals surface area contributed by atoms with Crippen molar-refractivity contribution < 1.29 is 5.11 Å². The Kier molecular flexibility index (Phi) is 4.94. The first-order chi connectivity index (χ1) is 6.74. The van der Waals surface area contributed by atoms with E-state index in [1.165, 1.54) is 5.56 Å². The maximum atomic E-state index is 8.63. The molecule has 2 N–H and O–H groups in total. The van der Waals surface area contributed by atoms with Crippen LogP contribution in [0.5, 0.6) is 0 Å². The second kappa shape index (κ2) is 6.02. The number of halogens is 1. The van der Waals surface area contributed by atoms with Crippen LogP contribution in [0.1, 0.15) is 24.9 Å². The highest BCUT2D eigenvalue weighted by atomic mass is 35.5. The molecule has 0 saturated heterocycles. The fourth-order valence-corrected chi connectivity index (χ4v) is 1.39. The van der Waals surface area contributed by atoms with Gasteiger partial charge in [-0.05, 0) is 37.6 Å².